The van der Waals surface area contributed by atoms with Gasteiger partial charge in [-0.3, -0.25) is 4.79 Å². The van der Waals surface area contributed by atoms with Crippen molar-refractivity contribution in [2.45, 2.75) is 19.4 Å². The molecule has 0 radical (unpaired) electrons. The summed E-state index contributed by atoms with van der Waals surface area (Å²) < 4.78 is 31.0. The van der Waals surface area contributed by atoms with E-state index in [4.69, 9.17) is 4.74 Å². The van der Waals surface area contributed by atoms with Crippen LogP contribution in [0.4, 0.5) is 0 Å². The standard InChI is InChI=1S/C14H20N6O4S/c1-24-13-4-3-11-16-17-12(20(11)18-13)9-15-14(21)10-5-7-19(8-6-10)25(2,22)23/h3-4,10H,5-9H2,1-2H3,(H,15,21). The second kappa shape index (κ2) is 6.92. The Morgan fingerprint density at radius 2 is 2.04 bits per heavy atom. The van der Waals surface area contributed by atoms with Crippen molar-refractivity contribution in [1.82, 2.24) is 29.4 Å². The average molecular weight is 368 g/mol. The van der Waals surface area contributed by atoms with Crippen LogP contribution in [0, 0.1) is 5.92 Å². The highest BCUT2D eigenvalue weighted by atomic mass is 32.2. The van der Waals surface area contributed by atoms with Crippen LogP contribution in [-0.2, 0) is 21.4 Å². The Bertz CT molecular complexity index is 873. The number of ether oxygens (including phenoxy) is 1. The molecule has 0 spiro atoms. The van der Waals surface area contributed by atoms with Gasteiger partial charge in [-0.25, -0.2) is 12.7 Å². The SMILES string of the molecule is COc1ccc2nnc(CNC(=O)C3CCN(S(C)(=O)=O)CC3)n2n1. The van der Waals surface area contributed by atoms with Gasteiger partial charge in [-0.15, -0.1) is 15.3 Å². The number of hydrogen-bond acceptors (Lipinski definition) is 7. The first kappa shape index (κ1) is 17.5. The predicted octanol–water partition coefficient (Wildman–Crippen LogP) is -0.579. The first-order valence-electron chi connectivity index (χ1n) is 7.86. The Balaban J connectivity index is 1.60. The summed E-state index contributed by atoms with van der Waals surface area (Å²) in [5.74, 6) is 0.594. The number of methoxy groups -OCH3 is 1. The van der Waals surface area contributed by atoms with Crippen LogP contribution < -0.4 is 10.1 Å². The molecule has 1 saturated heterocycles. The first-order valence-corrected chi connectivity index (χ1v) is 9.71. The summed E-state index contributed by atoms with van der Waals surface area (Å²) in [7, 11) is -1.68. The lowest BCUT2D eigenvalue weighted by molar-refractivity contribution is -0.126. The van der Waals surface area contributed by atoms with Crippen molar-refractivity contribution in [3.8, 4) is 5.88 Å². The maximum atomic E-state index is 12.3. The molecule has 0 bridgehead atoms. The maximum Gasteiger partial charge on any atom is 0.231 e. The van der Waals surface area contributed by atoms with Crippen molar-refractivity contribution in [3.05, 3.63) is 18.0 Å². The molecule has 0 aromatic carbocycles. The molecule has 10 nitrogen and oxygen atoms in total. The Labute approximate surface area is 145 Å². The van der Waals surface area contributed by atoms with Gasteiger partial charge in [0.15, 0.2) is 11.5 Å². The molecule has 11 heteroatoms. The number of aromatic nitrogens is 4. The highest BCUT2D eigenvalue weighted by Gasteiger charge is 2.28. The van der Waals surface area contributed by atoms with E-state index in [-0.39, 0.29) is 18.4 Å². The molecule has 25 heavy (non-hydrogen) atoms. The fourth-order valence-corrected chi connectivity index (χ4v) is 3.67. The molecule has 1 N–H and O–H groups in total. The van der Waals surface area contributed by atoms with Crippen LogP contribution in [0.2, 0.25) is 0 Å². The molecule has 136 valence electrons. The zero-order chi connectivity index (χ0) is 18.0. The van der Waals surface area contributed by atoms with Gasteiger partial charge in [0.1, 0.15) is 0 Å². The summed E-state index contributed by atoms with van der Waals surface area (Å²) in [6, 6.07) is 3.41. The van der Waals surface area contributed by atoms with E-state index in [1.165, 1.54) is 22.2 Å². The second-order valence-electron chi connectivity index (χ2n) is 5.92. The predicted molar refractivity (Wildman–Crippen MR) is 88.3 cm³/mol. The minimum atomic E-state index is -3.19. The molecule has 2 aromatic rings. The molecule has 0 aliphatic carbocycles. The number of nitrogens with zero attached hydrogens (tertiary/aromatic N) is 5. The van der Waals surface area contributed by atoms with Gasteiger partial charge in [0, 0.05) is 25.1 Å². The average Bonchev–Trinajstić information content (AvgIpc) is 3.01. The minimum Gasteiger partial charge on any atom is -0.480 e. The topological polar surface area (TPSA) is 119 Å². The van der Waals surface area contributed by atoms with E-state index in [1.807, 2.05) is 0 Å². The molecule has 0 saturated carbocycles. The molecule has 1 aliphatic rings. The van der Waals surface area contributed by atoms with Crippen LogP contribution in [-0.4, -0.2) is 64.9 Å². The van der Waals surface area contributed by atoms with Crippen molar-refractivity contribution < 1.29 is 17.9 Å². The van der Waals surface area contributed by atoms with Crippen LogP contribution in [0.3, 0.4) is 0 Å². The lowest BCUT2D eigenvalue weighted by Gasteiger charge is -2.29. The van der Waals surface area contributed by atoms with E-state index in [0.717, 1.165) is 0 Å². The number of carbonyl (C=O) groups excluding carboxylic acids is 1. The number of piperidine rings is 1. The van der Waals surface area contributed by atoms with E-state index in [0.29, 0.717) is 43.3 Å². The molecular formula is C14H20N6O4S. The molecule has 0 atom stereocenters. The highest BCUT2D eigenvalue weighted by molar-refractivity contribution is 7.88. The third kappa shape index (κ3) is 3.87. The fourth-order valence-electron chi connectivity index (χ4n) is 2.80. The number of amides is 1. The van der Waals surface area contributed by atoms with E-state index >= 15 is 0 Å². The molecule has 1 amide bonds. The molecular weight excluding hydrogens is 348 g/mol. The van der Waals surface area contributed by atoms with Gasteiger partial charge in [-0.2, -0.15) is 4.52 Å². The molecule has 0 unspecified atom stereocenters. The molecule has 2 aromatic heterocycles. The summed E-state index contributed by atoms with van der Waals surface area (Å²) in [6.45, 7) is 0.916. The van der Waals surface area contributed by atoms with E-state index in [2.05, 4.69) is 20.6 Å². The normalized spacial score (nSPS) is 16.9. The Morgan fingerprint density at radius 1 is 1.32 bits per heavy atom. The number of fused-ring (bicyclic) bond motifs is 1. The van der Waals surface area contributed by atoms with Gasteiger partial charge in [-0.05, 0) is 18.9 Å². The molecule has 1 fully saturated rings. The summed E-state index contributed by atoms with van der Waals surface area (Å²) >= 11 is 0. The zero-order valence-electron chi connectivity index (χ0n) is 14.0. The minimum absolute atomic E-state index is 0.118. The van der Waals surface area contributed by atoms with Gasteiger partial charge < -0.3 is 10.1 Å². The maximum absolute atomic E-state index is 12.3. The molecule has 1 aliphatic heterocycles. The van der Waals surface area contributed by atoms with Crippen LogP contribution >= 0.6 is 0 Å². The van der Waals surface area contributed by atoms with Crippen molar-refractivity contribution in [2.24, 2.45) is 5.92 Å². The smallest absolute Gasteiger partial charge is 0.231 e. The van der Waals surface area contributed by atoms with E-state index in [1.54, 1.807) is 12.1 Å². The fraction of sp³-hybridized carbons (Fsp3) is 0.571. The van der Waals surface area contributed by atoms with Crippen molar-refractivity contribution in [1.29, 1.82) is 0 Å². The summed E-state index contributed by atoms with van der Waals surface area (Å²) in [5, 5.41) is 15.1. The first-order chi connectivity index (χ1) is 11.9. The van der Waals surface area contributed by atoms with Gasteiger partial charge in [0.25, 0.3) is 0 Å². The third-order valence-corrected chi connectivity index (χ3v) is 5.53. The zero-order valence-corrected chi connectivity index (χ0v) is 14.9. The Hall–Kier alpha value is -2.27. The monoisotopic (exact) mass is 368 g/mol. The largest absolute Gasteiger partial charge is 0.480 e. The number of rotatable bonds is 5. The van der Waals surface area contributed by atoms with Crippen LogP contribution in [0.15, 0.2) is 12.1 Å². The highest BCUT2D eigenvalue weighted by Crippen LogP contribution is 2.19. The van der Waals surface area contributed by atoms with Crippen LogP contribution in [0.1, 0.15) is 18.7 Å². The van der Waals surface area contributed by atoms with Gasteiger partial charge in [0.2, 0.25) is 21.8 Å². The quantitative estimate of drug-likeness (QED) is 0.750. The number of nitrogens with one attached hydrogen (secondary N) is 1. The van der Waals surface area contributed by atoms with Crippen molar-refractivity contribution in [2.75, 3.05) is 26.5 Å². The lowest BCUT2D eigenvalue weighted by atomic mass is 9.97. The van der Waals surface area contributed by atoms with Crippen molar-refractivity contribution in [3.63, 3.8) is 0 Å². The van der Waals surface area contributed by atoms with Crippen LogP contribution in [0.5, 0.6) is 5.88 Å². The van der Waals surface area contributed by atoms with Crippen molar-refractivity contribution >= 4 is 21.6 Å². The second-order valence-corrected chi connectivity index (χ2v) is 7.90. The number of hydrogen-bond donors (Lipinski definition) is 1. The van der Waals surface area contributed by atoms with Gasteiger partial charge in [0.05, 0.1) is 19.9 Å². The van der Waals surface area contributed by atoms with E-state index < -0.39 is 10.0 Å². The lowest BCUT2D eigenvalue weighted by Crippen LogP contribution is -2.42. The summed E-state index contributed by atoms with van der Waals surface area (Å²) in [6.07, 6.45) is 2.20. The van der Waals surface area contributed by atoms with Gasteiger partial charge >= 0.3 is 0 Å². The van der Waals surface area contributed by atoms with Crippen LogP contribution in [0.25, 0.3) is 5.65 Å². The summed E-state index contributed by atoms with van der Waals surface area (Å²) in [4.78, 5) is 12.3. The molecule has 3 heterocycles. The third-order valence-electron chi connectivity index (χ3n) is 4.23. The van der Waals surface area contributed by atoms with E-state index in [9.17, 15) is 13.2 Å². The Morgan fingerprint density at radius 3 is 2.68 bits per heavy atom. The number of sulfonamides is 1. The number of carbonyl (C=O) groups is 1. The van der Waals surface area contributed by atoms with Gasteiger partial charge in [-0.1, -0.05) is 0 Å². The summed E-state index contributed by atoms with van der Waals surface area (Å²) in [5.41, 5.74) is 0.562. The Kier molecular flexibility index (Phi) is 4.86. The molecule has 3 rings (SSSR count).